The number of alkyl halides is 3. The molecule has 1 fully saturated rings. The highest BCUT2D eigenvalue weighted by Gasteiger charge is 2.39. The fraction of sp³-hybridized carbons (Fsp3) is 0.227. The van der Waals surface area contributed by atoms with E-state index in [2.05, 4.69) is 15.6 Å². The molecule has 2 aliphatic rings. The van der Waals surface area contributed by atoms with Crippen LogP contribution < -0.4 is 5.32 Å². The second-order valence-electron chi connectivity index (χ2n) is 7.86. The molecule has 0 saturated carbocycles. The van der Waals surface area contributed by atoms with Gasteiger partial charge in [-0.25, -0.2) is 4.68 Å². The summed E-state index contributed by atoms with van der Waals surface area (Å²) < 4.78 is 39.7. The Bertz CT molecular complexity index is 1280. The number of fused-ring (bicyclic) bond motifs is 1. The Balaban J connectivity index is 1.38. The fourth-order valence-corrected chi connectivity index (χ4v) is 4.04. The van der Waals surface area contributed by atoms with Crippen molar-refractivity contribution in [3.05, 3.63) is 65.4 Å². The van der Waals surface area contributed by atoms with Crippen molar-refractivity contribution >= 4 is 17.7 Å². The monoisotopic (exact) mass is 455 g/mol. The summed E-state index contributed by atoms with van der Waals surface area (Å²) in [5, 5.41) is 10.3. The molecule has 1 atom stereocenters. The van der Waals surface area contributed by atoms with Gasteiger partial charge < -0.3 is 4.90 Å². The van der Waals surface area contributed by atoms with Crippen molar-refractivity contribution in [3.63, 3.8) is 0 Å². The van der Waals surface area contributed by atoms with E-state index in [1.807, 2.05) is 0 Å². The SMILES string of the molecule is O=C1CCC(N2Cc3ccc(-n4cc(-c5ccc(C(F)(F)F)cc5)nn4)cc3C2=O)C(=O)N1. The topological polar surface area (TPSA) is 97.2 Å². The summed E-state index contributed by atoms with van der Waals surface area (Å²) in [4.78, 5) is 38.0. The van der Waals surface area contributed by atoms with Gasteiger partial charge in [0.15, 0.2) is 0 Å². The molecule has 0 spiro atoms. The molecule has 1 N–H and O–H groups in total. The summed E-state index contributed by atoms with van der Waals surface area (Å²) in [6.45, 7) is 0.259. The zero-order valence-corrected chi connectivity index (χ0v) is 17.0. The second kappa shape index (κ2) is 7.54. The predicted molar refractivity (Wildman–Crippen MR) is 108 cm³/mol. The van der Waals surface area contributed by atoms with E-state index in [-0.39, 0.29) is 31.2 Å². The van der Waals surface area contributed by atoms with E-state index >= 15 is 0 Å². The van der Waals surface area contributed by atoms with Gasteiger partial charge >= 0.3 is 6.18 Å². The molecule has 0 aliphatic carbocycles. The molecule has 3 heterocycles. The van der Waals surface area contributed by atoms with Gasteiger partial charge in [0.1, 0.15) is 11.7 Å². The van der Waals surface area contributed by atoms with Gasteiger partial charge in [0.25, 0.3) is 5.91 Å². The van der Waals surface area contributed by atoms with E-state index in [1.54, 1.807) is 24.4 Å². The average molecular weight is 455 g/mol. The Hall–Kier alpha value is -4.02. The summed E-state index contributed by atoms with van der Waals surface area (Å²) in [6, 6.07) is 9.03. The number of imide groups is 1. The van der Waals surface area contributed by atoms with E-state index in [4.69, 9.17) is 0 Å². The van der Waals surface area contributed by atoms with Crippen LogP contribution >= 0.6 is 0 Å². The maximum absolute atomic E-state index is 13.0. The quantitative estimate of drug-likeness (QED) is 0.613. The fourth-order valence-electron chi connectivity index (χ4n) is 4.04. The van der Waals surface area contributed by atoms with Crippen molar-refractivity contribution in [2.24, 2.45) is 0 Å². The van der Waals surface area contributed by atoms with Crippen LogP contribution in [-0.4, -0.2) is 43.7 Å². The van der Waals surface area contributed by atoms with Gasteiger partial charge in [0, 0.05) is 24.1 Å². The van der Waals surface area contributed by atoms with E-state index in [0.717, 1.165) is 17.7 Å². The molecule has 11 heteroatoms. The van der Waals surface area contributed by atoms with E-state index in [0.29, 0.717) is 22.5 Å². The number of piperidine rings is 1. The number of aromatic nitrogens is 3. The molecule has 2 aliphatic heterocycles. The highest BCUT2D eigenvalue weighted by molar-refractivity contribution is 6.05. The molecule has 1 saturated heterocycles. The van der Waals surface area contributed by atoms with Gasteiger partial charge in [0.05, 0.1) is 17.4 Å². The number of hydrogen-bond donors (Lipinski definition) is 1. The molecule has 3 aromatic rings. The van der Waals surface area contributed by atoms with E-state index in [9.17, 15) is 27.6 Å². The number of nitrogens with one attached hydrogen (secondary N) is 1. The summed E-state index contributed by atoms with van der Waals surface area (Å²) in [7, 11) is 0. The first-order valence-corrected chi connectivity index (χ1v) is 10.1. The van der Waals surface area contributed by atoms with Crippen LogP contribution in [0.25, 0.3) is 16.9 Å². The summed E-state index contributed by atoms with van der Waals surface area (Å²) >= 11 is 0. The molecule has 1 unspecified atom stereocenters. The molecule has 0 radical (unpaired) electrons. The van der Waals surface area contributed by atoms with Gasteiger partial charge in [-0.1, -0.05) is 23.4 Å². The number of amides is 3. The van der Waals surface area contributed by atoms with Crippen molar-refractivity contribution in [2.45, 2.75) is 31.6 Å². The van der Waals surface area contributed by atoms with Gasteiger partial charge in [0.2, 0.25) is 11.8 Å². The molecule has 8 nitrogen and oxygen atoms in total. The van der Waals surface area contributed by atoms with Gasteiger partial charge in [-0.05, 0) is 36.2 Å². The lowest BCUT2D eigenvalue weighted by Crippen LogP contribution is -2.52. The normalized spacial score (nSPS) is 18.5. The number of carbonyl (C=O) groups is 3. The lowest BCUT2D eigenvalue weighted by molar-refractivity contribution is -0.138. The minimum absolute atomic E-state index is 0.174. The average Bonchev–Trinajstić information content (AvgIpc) is 3.39. The molecule has 168 valence electrons. The van der Waals surface area contributed by atoms with Crippen molar-refractivity contribution in [2.75, 3.05) is 0 Å². The Morgan fingerprint density at radius 2 is 1.79 bits per heavy atom. The lowest BCUT2D eigenvalue weighted by Gasteiger charge is -2.29. The first-order valence-electron chi connectivity index (χ1n) is 10.1. The molecule has 2 aromatic carbocycles. The van der Waals surface area contributed by atoms with Crippen LogP contribution in [0.15, 0.2) is 48.7 Å². The molecule has 1 aromatic heterocycles. The van der Waals surface area contributed by atoms with Gasteiger partial charge in [-0.15, -0.1) is 5.10 Å². The third-order valence-corrected chi connectivity index (χ3v) is 5.78. The van der Waals surface area contributed by atoms with Crippen LogP contribution in [0, 0.1) is 0 Å². The van der Waals surface area contributed by atoms with E-state index < -0.39 is 23.7 Å². The van der Waals surface area contributed by atoms with Crippen LogP contribution in [0.5, 0.6) is 0 Å². The van der Waals surface area contributed by atoms with Crippen LogP contribution in [0.1, 0.15) is 34.3 Å². The number of hydrogen-bond acceptors (Lipinski definition) is 5. The summed E-state index contributed by atoms with van der Waals surface area (Å²) in [6.07, 6.45) is -2.42. The molecule has 5 rings (SSSR count). The third kappa shape index (κ3) is 3.75. The van der Waals surface area contributed by atoms with Crippen LogP contribution in [0.4, 0.5) is 13.2 Å². The maximum atomic E-state index is 13.0. The van der Waals surface area contributed by atoms with E-state index in [1.165, 1.54) is 21.7 Å². The van der Waals surface area contributed by atoms with Crippen LogP contribution in [0.3, 0.4) is 0 Å². The highest BCUT2D eigenvalue weighted by Crippen LogP contribution is 2.31. The van der Waals surface area contributed by atoms with Crippen molar-refractivity contribution in [1.82, 2.24) is 25.2 Å². The van der Waals surface area contributed by atoms with Crippen molar-refractivity contribution in [1.29, 1.82) is 0 Å². The van der Waals surface area contributed by atoms with Crippen molar-refractivity contribution < 1.29 is 27.6 Å². The first-order chi connectivity index (χ1) is 15.7. The number of benzene rings is 2. The highest BCUT2D eigenvalue weighted by atomic mass is 19.4. The van der Waals surface area contributed by atoms with Gasteiger partial charge in [-0.3, -0.25) is 19.7 Å². The molecular formula is C22H16F3N5O3. The molecule has 0 bridgehead atoms. The number of carbonyl (C=O) groups excluding carboxylic acids is 3. The zero-order valence-electron chi connectivity index (χ0n) is 17.0. The predicted octanol–water partition coefficient (Wildman–Crippen LogP) is 2.71. The van der Waals surface area contributed by atoms with Crippen LogP contribution in [-0.2, 0) is 22.3 Å². The third-order valence-electron chi connectivity index (χ3n) is 5.78. The zero-order chi connectivity index (χ0) is 23.3. The maximum Gasteiger partial charge on any atom is 0.416 e. The summed E-state index contributed by atoms with van der Waals surface area (Å²) in [5.41, 5.74) is 1.80. The smallest absolute Gasteiger partial charge is 0.322 e. The number of halogens is 3. The largest absolute Gasteiger partial charge is 0.416 e. The molecule has 3 amide bonds. The first kappa shape index (κ1) is 20.9. The minimum atomic E-state index is -4.42. The van der Waals surface area contributed by atoms with Crippen molar-refractivity contribution in [3.8, 4) is 16.9 Å². The van der Waals surface area contributed by atoms with Gasteiger partial charge in [-0.2, -0.15) is 13.2 Å². The Kier molecular flexibility index (Phi) is 4.76. The lowest BCUT2D eigenvalue weighted by atomic mass is 10.0. The Morgan fingerprint density at radius 3 is 2.48 bits per heavy atom. The molecular weight excluding hydrogens is 439 g/mol. The second-order valence-corrected chi connectivity index (χ2v) is 7.86. The summed E-state index contributed by atoms with van der Waals surface area (Å²) in [5.74, 6) is -1.15. The molecule has 33 heavy (non-hydrogen) atoms. The number of rotatable bonds is 3. The standard InChI is InChI=1S/C22H16F3N5O3/c23-22(24,25)14-4-1-12(2-5-14)17-11-30(28-27-17)15-6-3-13-10-29(21(33)16(13)9-15)18-7-8-19(31)26-20(18)32/h1-6,9,11,18H,7-8,10H2,(H,26,31,32). The van der Waals surface area contributed by atoms with Crippen LogP contribution in [0.2, 0.25) is 0 Å². The Labute approximate surface area is 185 Å². The minimum Gasteiger partial charge on any atom is -0.322 e. The Morgan fingerprint density at radius 1 is 1.03 bits per heavy atom. The number of nitrogens with zero attached hydrogens (tertiary/aromatic N) is 4.